The number of anilines is 3. The van der Waals surface area contributed by atoms with E-state index in [2.05, 4.69) is 169 Å². The third kappa shape index (κ3) is 4.54. The van der Waals surface area contributed by atoms with Gasteiger partial charge in [-0.25, -0.2) is 0 Å². The van der Waals surface area contributed by atoms with Crippen LogP contribution in [0.25, 0.3) is 55.3 Å². The molecule has 0 saturated heterocycles. The molecule has 208 valence electrons. The maximum atomic E-state index is 6.37. The Balaban J connectivity index is 1.43. The first-order valence-electron chi connectivity index (χ1n) is 14.9. The van der Waals surface area contributed by atoms with Crippen molar-refractivity contribution in [2.24, 2.45) is 0 Å². The summed E-state index contributed by atoms with van der Waals surface area (Å²) in [7, 11) is 0. The molecule has 2 heteroatoms. The van der Waals surface area contributed by atoms with Crippen LogP contribution in [0.4, 0.5) is 17.1 Å². The molecule has 1 aromatic heterocycles. The Kier molecular flexibility index (Phi) is 6.51. The van der Waals surface area contributed by atoms with Gasteiger partial charge in [-0.15, -0.1) is 0 Å². The second-order valence-electron chi connectivity index (χ2n) is 10.9. The van der Waals surface area contributed by atoms with Crippen molar-refractivity contribution in [3.8, 4) is 33.4 Å². The maximum Gasteiger partial charge on any atom is 0.137 e. The van der Waals surface area contributed by atoms with E-state index in [-0.39, 0.29) is 0 Å². The molecule has 44 heavy (non-hydrogen) atoms. The predicted octanol–water partition coefficient (Wildman–Crippen LogP) is 12.1. The first-order chi connectivity index (χ1) is 21.8. The smallest absolute Gasteiger partial charge is 0.137 e. The molecule has 0 aliphatic heterocycles. The summed E-state index contributed by atoms with van der Waals surface area (Å²) >= 11 is 0. The van der Waals surface area contributed by atoms with Crippen molar-refractivity contribution in [2.75, 3.05) is 4.90 Å². The van der Waals surface area contributed by atoms with E-state index < -0.39 is 0 Å². The molecule has 8 rings (SSSR count). The fourth-order valence-corrected chi connectivity index (χ4v) is 6.30. The Hall–Kier alpha value is -5.86. The molecule has 0 saturated carbocycles. The highest BCUT2D eigenvalue weighted by Gasteiger charge is 2.23. The molecule has 0 unspecified atom stereocenters. The molecule has 0 fully saturated rings. The lowest BCUT2D eigenvalue weighted by Gasteiger charge is -2.30. The third-order valence-corrected chi connectivity index (χ3v) is 8.28. The minimum atomic E-state index is 0.870. The van der Waals surface area contributed by atoms with Gasteiger partial charge in [-0.05, 0) is 64.2 Å². The number of nitrogens with zero attached hydrogens (tertiary/aromatic N) is 1. The van der Waals surface area contributed by atoms with Crippen LogP contribution in [-0.4, -0.2) is 0 Å². The van der Waals surface area contributed by atoms with E-state index in [1.165, 1.54) is 33.4 Å². The van der Waals surface area contributed by atoms with E-state index in [4.69, 9.17) is 4.42 Å². The molecule has 0 aliphatic carbocycles. The molecule has 0 radical (unpaired) electrons. The molecule has 8 aromatic rings. The average Bonchev–Trinajstić information content (AvgIpc) is 3.48. The quantitative estimate of drug-likeness (QED) is 0.200. The summed E-state index contributed by atoms with van der Waals surface area (Å²) in [5, 5.41) is 2.24. The SMILES string of the molecule is c1ccc(-c2ccccc2-c2c(-c3ccccc3)cccc2N(c2ccccc2)c2ccc3c(c2)oc2ccccc23)cc1. The lowest BCUT2D eigenvalue weighted by Crippen LogP contribution is -2.11. The van der Waals surface area contributed by atoms with Gasteiger partial charge in [-0.3, -0.25) is 0 Å². The van der Waals surface area contributed by atoms with Crippen LogP contribution in [0.15, 0.2) is 180 Å². The van der Waals surface area contributed by atoms with Crippen LogP contribution in [0.3, 0.4) is 0 Å². The van der Waals surface area contributed by atoms with Gasteiger partial charge in [0, 0.05) is 33.8 Å². The van der Waals surface area contributed by atoms with Gasteiger partial charge >= 0.3 is 0 Å². The van der Waals surface area contributed by atoms with Gasteiger partial charge in [0.2, 0.25) is 0 Å². The molecular weight excluding hydrogens is 534 g/mol. The fourth-order valence-electron chi connectivity index (χ4n) is 6.30. The minimum absolute atomic E-state index is 0.870. The zero-order chi connectivity index (χ0) is 29.3. The first-order valence-corrected chi connectivity index (χ1v) is 14.9. The largest absolute Gasteiger partial charge is 0.456 e. The normalized spacial score (nSPS) is 11.2. The molecule has 2 nitrogen and oxygen atoms in total. The van der Waals surface area contributed by atoms with Gasteiger partial charge in [0.05, 0.1) is 5.69 Å². The van der Waals surface area contributed by atoms with E-state index in [0.29, 0.717) is 0 Å². The fraction of sp³-hybridized carbons (Fsp3) is 0. The molecule has 0 N–H and O–H groups in total. The van der Waals surface area contributed by atoms with Crippen LogP contribution in [0.5, 0.6) is 0 Å². The van der Waals surface area contributed by atoms with Gasteiger partial charge in [-0.2, -0.15) is 0 Å². The number of fused-ring (bicyclic) bond motifs is 3. The Bertz CT molecular complexity index is 2220. The summed E-state index contributed by atoms with van der Waals surface area (Å²) < 4.78 is 6.37. The van der Waals surface area contributed by atoms with Gasteiger partial charge in [0.15, 0.2) is 0 Å². The topological polar surface area (TPSA) is 16.4 Å². The van der Waals surface area contributed by atoms with Crippen molar-refractivity contribution in [3.63, 3.8) is 0 Å². The van der Waals surface area contributed by atoms with Crippen LogP contribution < -0.4 is 4.90 Å². The van der Waals surface area contributed by atoms with E-state index in [1.54, 1.807) is 0 Å². The standard InChI is InChI=1S/C42H29NO/c1-4-15-30(16-5-1)34-21-10-11-23-38(34)42-35(31-17-6-2-7-18-31)24-14-25-39(42)43(32-19-8-3-9-20-32)33-27-28-37-36-22-12-13-26-40(36)44-41(37)29-33/h1-29H. The zero-order valence-electron chi connectivity index (χ0n) is 24.1. The van der Waals surface area contributed by atoms with Gasteiger partial charge in [0.25, 0.3) is 0 Å². The molecule has 0 bridgehead atoms. The molecule has 0 amide bonds. The molecular formula is C42H29NO. The number of hydrogen-bond donors (Lipinski definition) is 0. The van der Waals surface area contributed by atoms with Crippen LogP contribution >= 0.6 is 0 Å². The zero-order valence-corrected chi connectivity index (χ0v) is 24.1. The summed E-state index contributed by atoms with van der Waals surface area (Å²) in [4.78, 5) is 2.36. The van der Waals surface area contributed by atoms with Crippen molar-refractivity contribution in [1.82, 2.24) is 0 Å². The lowest BCUT2D eigenvalue weighted by molar-refractivity contribution is 0.669. The second kappa shape index (κ2) is 11.1. The Morgan fingerprint density at radius 2 is 0.932 bits per heavy atom. The first kappa shape index (κ1) is 25.8. The van der Waals surface area contributed by atoms with E-state index in [9.17, 15) is 0 Å². The van der Waals surface area contributed by atoms with Crippen LogP contribution in [-0.2, 0) is 0 Å². The summed E-state index contributed by atoms with van der Waals surface area (Å²) in [6.45, 7) is 0. The van der Waals surface area contributed by atoms with Crippen molar-refractivity contribution in [3.05, 3.63) is 176 Å². The average molecular weight is 564 g/mol. The number of hydrogen-bond acceptors (Lipinski definition) is 2. The van der Waals surface area contributed by atoms with Crippen molar-refractivity contribution in [1.29, 1.82) is 0 Å². The summed E-state index contributed by atoms with van der Waals surface area (Å²) in [5.41, 5.74) is 12.1. The molecule has 1 heterocycles. The Morgan fingerprint density at radius 1 is 0.364 bits per heavy atom. The van der Waals surface area contributed by atoms with Gasteiger partial charge < -0.3 is 9.32 Å². The van der Waals surface area contributed by atoms with Gasteiger partial charge in [-0.1, -0.05) is 133 Å². The van der Waals surface area contributed by atoms with Crippen LogP contribution in [0.2, 0.25) is 0 Å². The monoisotopic (exact) mass is 563 g/mol. The van der Waals surface area contributed by atoms with Crippen molar-refractivity contribution in [2.45, 2.75) is 0 Å². The summed E-state index contributed by atoms with van der Waals surface area (Å²) in [5.74, 6) is 0. The number of furan rings is 1. The molecule has 0 atom stereocenters. The lowest BCUT2D eigenvalue weighted by atomic mass is 9.87. The number of benzene rings is 7. The highest BCUT2D eigenvalue weighted by molar-refractivity contribution is 6.07. The molecule has 7 aromatic carbocycles. The number of rotatable bonds is 6. The van der Waals surface area contributed by atoms with Crippen molar-refractivity contribution < 1.29 is 4.42 Å². The molecule has 0 spiro atoms. The highest BCUT2D eigenvalue weighted by Crippen LogP contribution is 2.48. The Labute approximate surface area is 257 Å². The van der Waals surface area contributed by atoms with Crippen LogP contribution in [0.1, 0.15) is 0 Å². The van der Waals surface area contributed by atoms with E-state index >= 15 is 0 Å². The van der Waals surface area contributed by atoms with E-state index in [1.807, 2.05) is 12.1 Å². The summed E-state index contributed by atoms with van der Waals surface area (Å²) in [6, 6.07) is 62.1. The Morgan fingerprint density at radius 3 is 1.68 bits per heavy atom. The minimum Gasteiger partial charge on any atom is -0.456 e. The van der Waals surface area contributed by atoms with Crippen LogP contribution in [0, 0.1) is 0 Å². The second-order valence-corrected chi connectivity index (χ2v) is 10.9. The molecule has 0 aliphatic rings. The predicted molar refractivity (Wildman–Crippen MR) is 185 cm³/mol. The maximum absolute atomic E-state index is 6.37. The van der Waals surface area contributed by atoms with Gasteiger partial charge in [0.1, 0.15) is 11.2 Å². The summed E-state index contributed by atoms with van der Waals surface area (Å²) in [6.07, 6.45) is 0. The van der Waals surface area contributed by atoms with Crippen molar-refractivity contribution >= 4 is 39.0 Å². The third-order valence-electron chi connectivity index (χ3n) is 8.28. The van der Waals surface area contributed by atoms with E-state index in [0.717, 1.165) is 39.0 Å². The number of para-hydroxylation sites is 2. The highest BCUT2D eigenvalue weighted by atomic mass is 16.3.